The van der Waals surface area contributed by atoms with Crippen molar-refractivity contribution in [3.05, 3.63) is 29.3 Å². The summed E-state index contributed by atoms with van der Waals surface area (Å²) in [5, 5.41) is 12.5. The molecule has 0 spiro atoms. The van der Waals surface area contributed by atoms with Gasteiger partial charge in [-0.2, -0.15) is 0 Å². The third-order valence-corrected chi connectivity index (χ3v) is 3.30. The number of aryl methyl sites for hydroxylation is 1. The van der Waals surface area contributed by atoms with Crippen LogP contribution in [0.2, 0.25) is 0 Å². The molecule has 3 nitrogen and oxygen atoms in total. The van der Waals surface area contributed by atoms with Crippen LogP contribution in [-0.2, 0) is 0 Å². The summed E-state index contributed by atoms with van der Waals surface area (Å²) in [4.78, 5) is 12.0. The maximum absolute atomic E-state index is 12.0. The average molecular weight is 249 g/mol. The number of phenolic OH excluding ortho intramolecular Hbond substituents is 1. The van der Waals surface area contributed by atoms with Crippen molar-refractivity contribution in [1.82, 2.24) is 5.32 Å². The van der Waals surface area contributed by atoms with Crippen molar-refractivity contribution in [2.24, 2.45) is 5.92 Å². The largest absolute Gasteiger partial charge is 0.508 e. The van der Waals surface area contributed by atoms with E-state index in [1.165, 1.54) is 6.07 Å². The Hall–Kier alpha value is -1.51. The van der Waals surface area contributed by atoms with Gasteiger partial charge in [0.15, 0.2) is 0 Å². The number of rotatable bonds is 5. The van der Waals surface area contributed by atoms with Crippen LogP contribution < -0.4 is 5.32 Å². The van der Waals surface area contributed by atoms with Gasteiger partial charge in [0.1, 0.15) is 5.75 Å². The number of amides is 1. The molecule has 0 heterocycles. The number of hydrogen-bond acceptors (Lipinski definition) is 2. The smallest absolute Gasteiger partial charge is 0.251 e. The SMILES string of the molecule is CCC(C)CC(C)NC(=O)c1ccc(C)c(O)c1. The van der Waals surface area contributed by atoms with E-state index in [4.69, 9.17) is 0 Å². The second kappa shape index (κ2) is 6.43. The quantitative estimate of drug-likeness (QED) is 0.841. The molecular formula is C15H23NO2. The van der Waals surface area contributed by atoms with Crippen LogP contribution in [0.1, 0.15) is 49.5 Å². The lowest BCUT2D eigenvalue weighted by atomic mass is 10.00. The first kappa shape index (κ1) is 14.6. The number of carbonyl (C=O) groups excluding carboxylic acids is 1. The molecule has 0 aliphatic rings. The molecule has 0 bridgehead atoms. The van der Waals surface area contributed by atoms with Crippen LogP contribution >= 0.6 is 0 Å². The van der Waals surface area contributed by atoms with E-state index in [9.17, 15) is 9.90 Å². The van der Waals surface area contributed by atoms with E-state index >= 15 is 0 Å². The summed E-state index contributed by atoms with van der Waals surface area (Å²) >= 11 is 0. The van der Waals surface area contributed by atoms with E-state index < -0.39 is 0 Å². The Morgan fingerprint density at radius 2 is 2.06 bits per heavy atom. The lowest BCUT2D eigenvalue weighted by Gasteiger charge is -2.17. The summed E-state index contributed by atoms with van der Waals surface area (Å²) in [5.41, 5.74) is 1.29. The standard InChI is InChI=1S/C15H23NO2/c1-5-10(2)8-12(4)16-15(18)13-7-6-11(3)14(17)9-13/h6-7,9-10,12,17H,5,8H2,1-4H3,(H,16,18). The summed E-state index contributed by atoms with van der Waals surface area (Å²) in [5.74, 6) is 0.644. The fourth-order valence-corrected chi connectivity index (χ4v) is 1.89. The van der Waals surface area contributed by atoms with E-state index in [0.717, 1.165) is 18.4 Å². The molecule has 1 aromatic rings. The fourth-order valence-electron chi connectivity index (χ4n) is 1.89. The van der Waals surface area contributed by atoms with Crippen molar-refractivity contribution in [2.75, 3.05) is 0 Å². The molecule has 1 aromatic carbocycles. The normalized spacial score (nSPS) is 14.0. The molecule has 0 aliphatic heterocycles. The number of nitrogens with one attached hydrogen (secondary N) is 1. The zero-order valence-electron chi connectivity index (χ0n) is 11.7. The first-order chi connectivity index (χ1) is 8.43. The van der Waals surface area contributed by atoms with Crippen molar-refractivity contribution in [3.63, 3.8) is 0 Å². The molecule has 0 saturated carbocycles. The average Bonchev–Trinajstić information content (AvgIpc) is 2.32. The van der Waals surface area contributed by atoms with Crippen LogP contribution in [0.4, 0.5) is 0 Å². The molecule has 0 radical (unpaired) electrons. The van der Waals surface area contributed by atoms with Gasteiger partial charge in [0, 0.05) is 11.6 Å². The molecule has 2 N–H and O–H groups in total. The second-order valence-electron chi connectivity index (χ2n) is 5.12. The molecular weight excluding hydrogens is 226 g/mol. The highest BCUT2D eigenvalue weighted by Crippen LogP contribution is 2.17. The highest BCUT2D eigenvalue weighted by atomic mass is 16.3. The predicted octanol–water partition coefficient (Wildman–Crippen LogP) is 3.26. The van der Waals surface area contributed by atoms with Gasteiger partial charge in [-0.15, -0.1) is 0 Å². The Kier molecular flexibility index (Phi) is 5.20. The monoisotopic (exact) mass is 249 g/mol. The second-order valence-corrected chi connectivity index (χ2v) is 5.12. The Labute approximate surface area is 109 Å². The van der Waals surface area contributed by atoms with Crippen molar-refractivity contribution in [1.29, 1.82) is 0 Å². The van der Waals surface area contributed by atoms with Gasteiger partial charge in [-0.25, -0.2) is 0 Å². The Morgan fingerprint density at radius 3 is 2.61 bits per heavy atom. The van der Waals surface area contributed by atoms with Gasteiger partial charge in [-0.05, 0) is 43.9 Å². The minimum Gasteiger partial charge on any atom is -0.508 e. The van der Waals surface area contributed by atoms with Gasteiger partial charge in [0.25, 0.3) is 5.91 Å². The molecule has 1 amide bonds. The third kappa shape index (κ3) is 4.06. The summed E-state index contributed by atoms with van der Waals surface area (Å²) < 4.78 is 0. The van der Waals surface area contributed by atoms with Crippen molar-refractivity contribution in [2.45, 2.75) is 46.6 Å². The maximum Gasteiger partial charge on any atom is 0.251 e. The zero-order chi connectivity index (χ0) is 13.7. The van der Waals surface area contributed by atoms with Gasteiger partial charge < -0.3 is 10.4 Å². The summed E-state index contributed by atoms with van der Waals surface area (Å²) in [6.07, 6.45) is 2.09. The molecule has 1 rings (SSSR count). The summed E-state index contributed by atoms with van der Waals surface area (Å²) in [6, 6.07) is 5.15. The topological polar surface area (TPSA) is 49.3 Å². The minimum absolute atomic E-state index is 0.124. The number of aromatic hydroxyl groups is 1. The van der Waals surface area contributed by atoms with Crippen LogP contribution in [-0.4, -0.2) is 17.1 Å². The van der Waals surface area contributed by atoms with Crippen LogP contribution in [0.15, 0.2) is 18.2 Å². The minimum atomic E-state index is -0.124. The maximum atomic E-state index is 12.0. The van der Waals surface area contributed by atoms with E-state index in [1.54, 1.807) is 12.1 Å². The highest BCUT2D eigenvalue weighted by Gasteiger charge is 2.12. The molecule has 0 aliphatic carbocycles. The summed E-state index contributed by atoms with van der Waals surface area (Å²) in [7, 11) is 0. The van der Waals surface area contributed by atoms with Crippen molar-refractivity contribution in [3.8, 4) is 5.75 Å². The van der Waals surface area contributed by atoms with Gasteiger partial charge in [0.05, 0.1) is 0 Å². The van der Waals surface area contributed by atoms with Gasteiger partial charge in [-0.1, -0.05) is 26.3 Å². The van der Waals surface area contributed by atoms with Gasteiger partial charge >= 0.3 is 0 Å². The highest BCUT2D eigenvalue weighted by molar-refractivity contribution is 5.94. The number of phenols is 1. The van der Waals surface area contributed by atoms with Gasteiger partial charge in [-0.3, -0.25) is 4.79 Å². The Balaban J connectivity index is 2.62. The third-order valence-electron chi connectivity index (χ3n) is 3.30. The number of benzene rings is 1. The predicted molar refractivity (Wildman–Crippen MR) is 73.8 cm³/mol. The molecule has 100 valence electrons. The lowest BCUT2D eigenvalue weighted by molar-refractivity contribution is 0.0935. The van der Waals surface area contributed by atoms with Gasteiger partial charge in [0.2, 0.25) is 0 Å². The summed E-state index contributed by atoms with van der Waals surface area (Å²) in [6.45, 7) is 8.15. The van der Waals surface area contributed by atoms with Crippen LogP contribution in [0.3, 0.4) is 0 Å². The fraction of sp³-hybridized carbons (Fsp3) is 0.533. The van der Waals surface area contributed by atoms with E-state index in [2.05, 4.69) is 19.2 Å². The van der Waals surface area contributed by atoms with E-state index in [-0.39, 0.29) is 17.7 Å². The van der Waals surface area contributed by atoms with Crippen LogP contribution in [0.25, 0.3) is 0 Å². The molecule has 18 heavy (non-hydrogen) atoms. The Morgan fingerprint density at radius 1 is 1.39 bits per heavy atom. The molecule has 3 heteroatoms. The number of hydrogen-bond donors (Lipinski definition) is 2. The van der Waals surface area contributed by atoms with Crippen molar-refractivity contribution < 1.29 is 9.90 Å². The molecule has 0 saturated heterocycles. The molecule has 2 atom stereocenters. The zero-order valence-corrected chi connectivity index (χ0v) is 11.7. The molecule has 0 aromatic heterocycles. The first-order valence-corrected chi connectivity index (χ1v) is 6.54. The van der Waals surface area contributed by atoms with Crippen LogP contribution in [0, 0.1) is 12.8 Å². The lowest BCUT2D eigenvalue weighted by Crippen LogP contribution is -2.33. The molecule has 0 fully saturated rings. The number of carbonyl (C=O) groups is 1. The van der Waals surface area contributed by atoms with Crippen molar-refractivity contribution >= 4 is 5.91 Å². The Bertz CT molecular complexity index is 415. The van der Waals surface area contributed by atoms with E-state index in [0.29, 0.717) is 11.5 Å². The van der Waals surface area contributed by atoms with Crippen LogP contribution in [0.5, 0.6) is 5.75 Å². The van der Waals surface area contributed by atoms with E-state index in [1.807, 2.05) is 13.8 Å². The first-order valence-electron chi connectivity index (χ1n) is 6.54. The molecule has 2 unspecified atom stereocenters.